The maximum absolute atomic E-state index is 11.1. The highest BCUT2D eigenvalue weighted by atomic mass is 16.5. The third-order valence-electron chi connectivity index (χ3n) is 2.67. The van der Waals surface area contributed by atoms with Crippen LogP contribution in [0.2, 0.25) is 0 Å². The number of carbonyl (C=O) groups is 1. The molecule has 2 rings (SSSR count). The van der Waals surface area contributed by atoms with Crippen LogP contribution in [0.5, 0.6) is 5.75 Å². The van der Waals surface area contributed by atoms with Crippen molar-refractivity contribution in [2.75, 3.05) is 7.11 Å². The van der Waals surface area contributed by atoms with Gasteiger partial charge in [0.25, 0.3) is 0 Å². The van der Waals surface area contributed by atoms with Crippen molar-refractivity contribution in [3.05, 3.63) is 42.2 Å². The molecule has 0 fully saturated rings. The SMILES string of the molecule is COc1cccc(-c2c[nH]c([C](C)C(N)=O)n2)c1. The molecule has 0 aliphatic carbocycles. The summed E-state index contributed by atoms with van der Waals surface area (Å²) in [5, 5.41) is 0. The number of aromatic nitrogens is 2. The molecule has 93 valence electrons. The molecule has 5 nitrogen and oxygen atoms in total. The van der Waals surface area contributed by atoms with Crippen LogP contribution in [0, 0.1) is 5.92 Å². The lowest BCUT2D eigenvalue weighted by molar-refractivity contribution is -0.115. The Morgan fingerprint density at radius 3 is 2.89 bits per heavy atom. The van der Waals surface area contributed by atoms with Crippen molar-refractivity contribution in [3.63, 3.8) is 0 Å². The lowest BCUT2D eigenvalue weighted by Crippen LogP contribution is -2.20. The molecule has 0 aliphatic rings. The van der Waals surface area contributed by atoms with E-state index in [-0.39, 0.29) is 0 Å². The standard InChI is InChI=1S/C13H14N3O2/c1-8(12(14)17)13-15-7-11(16-13)9-4-3-5-10(6-9)18-2/h3-7H,1-2H3,(H2,14,17)(H,15,16). The molecule has 5 heteroatoms. The van der Waals surface area contributed by atoms with Gasteiger partial charge in [0.15, 0.2) is 0 Å². The van der Waals surface area contributed by atoms with Gasteiger partial charge in [0.05, 0.1) is 12.8 Å². The molecular weight excluding hydrogens is 230 g/mol. The van der Waals surface area contributed by atoms with Gasteiger partial charge in [-0.1, -0.05) is 12.1 Å². The third kappa shape index (κ3) is 2.34. The van der Waals surface area contributed by atoms with E-state index in [9.17, 15) is 4.79 Å². The number of hydrogen-bond acceptors (Lipinski definition) is 3. The van der Waals surface area contributed by atoms with E-state index in [0.717, 1.165) is 17.0 Å². The zero-order valence-electron chi connectivity index (χ0n) is 10.2. The summed E-state index contributed by atoms with van der Waals surface area (Å²) in [5.41, 5.74) is 6.86. The number of primary amides is 1. The van der Waals surface area contributed by atoms with E-state index < -0.39 is 5.91 Å². The fourth-order valence-electron chi connectivity index (χ4n) is 1.56. The van der Waals surface area contributed by atoms with Gasteiger partial charge in [-0.05, 0) is 19.1 Å². The number of ether oxygens (including phenoxy) is 1. The molecule has 0 aliphatic heterocycles. The molecule has 1 aromatic carbocycles. The average molecular weight is 244 g/mol. The molecule has 0 saturated carbocycles. The highest BCUT2D eigenvalue weighted by molar-refractivity contribution is 5.91. The summed E-state index contributed by atoms with van der Waals surface area (Å²) < 4.78 is 5.15. The normalized spacial score (nSPS) is 10.6. The second-order valence-electron chi connectivity index (χ2n) is 3.86. The van der Waals surface area contributed by atoms with Crippen LogP contribution in [0.15, 0.2) is 30.5 Å². The molecule has 0 saturated heterocycles. The second-order valence-corrected chi connectivity index (χ2v) is 3.86. The largest absolute Gasteiger partial charge is 0.497 e. The first-order valence-corrected chi connectivity index (χ1v) is 5.45. The summed E-state index contributed by atoms with van der Waals surface area (Å²) in [6.07, 6.45) is 1.73. The summed E-state index contributed by atoms with van der Waals surface area (Å²) in [6.45, 7) is 1.64. The fraction of sp³-hybridized carbons (Fsp3) is 0.154. The number of nitrogens with zero attached hydrogens (tertiary/aromatic N) is 1. The predicted octanol–water partition coefficient (Wildman–Crippen LogP) is 1.51. The van der Waals surface area contributed by atoms with Crippen LogP contribution in [0.3, 0.4) is 0 Å². The molecule has 0 atom stereocenters. The van der Waals surface area contributed by atoms with Gasteiger partial charge in [-0.2, -0.15) is 0 Å². The average Bonchev–Trinajstić information content (AvgIpc) is 2.87. The molecule has 1 heterocycles. The van der Waals surface area contributed by atoms with E-state index in [1.165, 1.54) is 0 Å². The molecule has 0 unspecified atom stereocenters. The Hall–Kier alpha value is -2.30. The number of hydrogen-bond donors (Lipinski definition) is 2. The number of H-pyrrole nitrogens is 1. The number of methoxy groups -OCH3 is 1. The number of aromatic amines is 1. The first-order chi connectivity index (χ1) is 8.61. The quantitative estimate of drug-likeness (QED) is 0.855. The minimum atomic E-state index is -0.485. The number of amides is 1. The minimum absolute atomic E-state index is 0.407. The highest BCUT2D eigenvalue weighted by Gasteiger charge is 2.16. The van der Waals surface area contributed by atoms with Crippen molar-refractivity contribution in [2.24, 2.45) is 5.73 Å². The van der Waals surface area contributed by atoms with Gasteiger partial charge in [-0.25, -0.2) is 4.98 Å². The van der Waals surface area contributed by atoms with Crippen molar-refractivity contribution in [2.45, 2.75) is 6.92 Å². The molecule has 2 aromatic rings. The van der Waals surface area contributed by atoms with Gasteiger partial charge in [0.2, 0.25) is 5.91 Å². The number of nitrogens with one attached hydrogen (secondary N) is 1. The Labute approximate surface area is 105 Å². The van der Waals surface area contributed by atoms with Gasteiger partial charge in [0.1, 0.15) is 17.5 Å². The van der Waals surface area contributed by atoms with Crippen molar-refractivity contribution < 1.29 is 9.53 Å². The number of imidazole rings is 1. The molecule has 18 heavy (non-hydrogen) atoms. The molecule has 0 spiro atoms. The maximum Gasteiger partial charge on any atom is 0.232 e. The topological polar surface area (TPSA) is 81.0 Å². The van der Waals surface area contributed by atoms with E-state index in [2.05, 4.69) is 9.97 Å². The Morgan fingerprint density at radius 2 is 2.22 bits per heavy atom. The maximum atomic E-state index is 11.1. The fourth-order valence-corrected chi connectivity index (χ4v) is 1.56. The zero-order chi connectivity index (χ0) is 13.1. The van der Waals surface area contributed by atoms with E-state index in [4.69, 9.17) is 10.5 Å². The second kappa shape index (κ2) is 4.91. The Bertz CT molecular complexity index is 563. The molecule has 1 amide bonds. The van der Waals surface area contributed by atoms with Crippen molar-refractivity contribution >= 4 is 5.91 Å². The Morgan fingerprint density at radius 1 is 1.44 bits per heavy atom. The van der Waals surface area contributed by atoms with Gasteiger partial charge >= 0.3 is 0 Å². The van der Waals surface area contributed by atoms with Crippen LogP contribution < -0.4 is 10.5 Å². The lowest BCUT2D eigenvalue weighted by Gasteiger charge is -2.02. The van der Waals surface area contributed by atoms with Crippen LogP contribution in [-0.4, -0.2) is 23.0 Å². The predicted molar refractivity (Wildman–Crippen MR) is 67.8 cm³/mol. The van der Waals surface area contributed by atoms with E-state index in [1.807, 2.05) is 24.3 Å². The van der Waals surface area contributed by atoms with Crippen molar-refractivity contribution in [1.29, 1.82) is 0 Å². The van der Waals surface area contributed by atoms with Crippen LogP contribution in [-0.2, 0) is 4.79 Å². The lowest BCUT2D eigenvalue weighted by atomic mass is 10.1. The van der Waals surface area contributed by atoms with E-state index in [1.54, 1.807) is 20.2 Å². The minimum Gasteiger partial charge on any atom is -0.497 e. The first-order valence-electron chi connectivity index (χ1n) is 5.45. The van der Waals surface area contributed by atoms with Crippen LogP contribution in [0.4, 0.5) is 0 Å². The summed E-state index contributed by atoms with van der Waals surface area (Å²) in [6, 6.07) is 7.53. The smallest absolute Gasteiger partial charge is 0.232 e. The first kappa shape index (κ1) is 12.2. The number of nitrogens with two attached hydrogens (primary N) is 1. The third-order valence-corrected chi connectivity index (χ3v) is 2.67. The summed E-state index contributed by atoms with van der Waals surface area (Å²) in [5.74, 6) is 1.17. The highest BCUT2D eigenvalue weighted by Crippen LogP contribution is 2.23. The summed E-state index contributed by atoms with van der Waals surface area (Å²) in [7, 11) is 1.61. The van der Waals surface area contributed by atoms with Gasteiger partial charge < -0.3 is 15.5 Å². The van der Waals surface area contributed by atoms with Gasteiger partial charge in [-0.15, -0.1) is 0 Å². The van der Waals surface area contributed by atoms with Crippen LogP contribution in [0.25, 0.3) is 11.3 Å². The van der Waals surface area contributed by atoms with E-state index >= 15 is 0 Å². The molecule has 3 N–H and O–H groups in total. The monoisotopic (exact) mass is 244 g/mol. The Balaban J connectivity index is 2.31. The van der Waals surface area contributed by atoms with Gasteiger partial charge in [0, 0.05) is 11.8 Å². The summed E-state index contributed by atoms with van der Waals surface area (Å²) >= 11 is 0. The van der Waals surface area contributed by atoms with Crippen molar-refractivity contribution in [1.82, 2.24) is 9.97 Å². The van der Waals surface area contributed by atoms with Gasteiger partial charge in [-0.3, -0.25) is 4.79 Å². The van der Waals surface area contributed by atoms with Crippen molar-refractivity contribution in [3.8, 4) is 17.0 Å². The molecule has 1 aromatic heterocycles. The van der Waals surface area contributed by atoms with E-state index in [0.29, 0.717) is 11.7 Å². The summed E-state index contributed by atoms with van der Waals surface area (Å²) in [4.78, 5) is 18.3. The molecule has 1 radical (unpaired) electrons. The Kier molecular flexibility index (Phi) is 3.32. The molecular formula is C13H14N3O2. The zero-order valence-corrected chi connectivity index (χ0v) is 10.2. The van der Waals surface area contributed by atoms with Crippen LogP contribution in [0.1, 0.15) is 12.7 Å². The number of rotatable bonds is 4. The van der Waals surface area contributed by atoms with Crippen LogP contribution >= 0.6 is 0 Å². The number of benzene rings is 1. The number of carbonyl (C=O) groups excluding carboxylic acids is 1. The molecule has 0 bridgehead atoms.